The molecule has 14 heavy (non-hydrogen) atoms. The normalized spacial score (nSPS) is 13.2. The van der Waals surface area contributed by atoms with E-state index in [-0.39, 0.29) is 18.1 Å². The molecule has 0 radical (unpaired) electrons. The molecule has 0 aromatic carbocycles. The number of hydrogen-bond acceptors (Lipinski definition) is 2. The van der Waals surface area contributed by atoms with Crippen molar-refractivity contribution in [1.82, 2.24) is 4.98 Å². The summed E-state index contributed by atoms with van der Waals surface area (Å²) in [6.07, 6.45) is -3.16. The van der Waals surface area contributed by atoms with Crippen LogP contribution in [0.2, 0.25) is 0 Å². The van der Waals surface area contributed by atoms with Crippen molar-refractivity contribution in [3.8, 4) is 0 Å². The molecule has 0 aliphatic carbocycles. The zero-order chi connectivity index (χ0) is 10.1. The monoisotopic (exact) mass is 290 g/mol. The summed E-state index contributed by atoms with van der Waals surface area (Å²) in [6.45, 7) is 0. The first-order valence-electron chi connectivity index (χ1n) is 3.35. The van der Waals surface area contributed by atoms with Crippen molar-refractivity contribution in [3.05, 3.63) is 28.5 Å². The van der Waals surface area contributed by atoms with Crippen molar-refractivity contribution in [2.45, 2.75) is 12.2 Å². The Labute approximate surface area is 93.2 Å². The molecule has 1 aromatic heterocycles. The lowest BCUT2D eigenvalue weighted by Crippen LogP contribution is -2.29. The molecule has 0 amide bonds. The molecule has 0 spiro atoms. The Morgan fingerprint density at radius 2 is 1.93 bits per heavy atom. The highest BCUT2D eigenvalue weighted by Gasteiger charge is 2.38. The fourth-order valence-corrected chi connectivity index (χ4v) is 0.973. The predicted molar refractivity (Wildman–Crippen MR) is 52.2 cm³/mol. The summed E-state index contributed by atoms with van der Waals surface area (Å²) in [5.41, 5.74) is 4.73. The SMILES string of the molecule is Cl.NC(c1ccc(Br)cn1)C(F)(F)F. The highest BCUT2D eigenvalue weighted by atomic mass is 79.9. The molecular formula is C7H7BrClF3N2. The van der Waals surface area contributed by atoms with Crippen LogP contribution in [0.1, 0.15) is 11.7 Å². The van der Waals surface area contributed by atoms with Gasteiger partial charge in [0.25, 0.3) is 0 Å². The maximum atomic E-state index is 12.1. The van der Waals surface area contributed by atoms with Crippen molar-refractivity contribution in [2.24, 2.45) is 5.73 Å². The maximum Gasteiger partial charge on any atom is 0.409 e. The first-order valence-corrected chi connectivity index (χ1v) is 4.14. The highest BCUT2D eigenvalue weighted by Crippen LogP contribution is 2.29. The van der Waals surface area contributed by atoms with Crippen LogP contribution in [0.5, 0.6) is 0 Å². The third-order valence-corrected chi connectivity index (χ3v) is 1.89. The molecule has 7 heteroatoms. The van der Waals surface area contributed by atoms with Crippen molar-refractivity contribution < 1.29 is 13.2 Å². The summed E-state index contributed by atoms with van der Waals surface area (Å²) in [7, 11) is 0. The predicted octanol–water partition coefficient (Wildman–Crippen LogP) is 2.83. The lowest BCUT2D eigenvalue weighted by Gasteiger charge is -2.14. The van der Waals surface area contributed by atoms with Crippen molar-refractivity contribution in [3.63, 3.8) is 0 Å². The Hall–Kier alpha value is -0.330. The molecule has 1 atom stereocenters. The number of halogens is 5. The van der Waals surface area contributed by atoms with Crippen LogP contribution in [0.15, 0.2) is 22.8 Å². The Morgan fingerprint density at radius 3 is 2.29 bits per heavy atom. The number of alkyl halides is 3. The van der Waals surface area contributed by atoms with E-state index in [2.05, 4.69) is 20.9 Å². The number of nitrogens with two attached hydrogens (primary N) is 1. The summed E-state index contributed by atoms with van der Waals surface area (Å²) < 4.78 is 36.8. The second-order valence-electron chi connectivity index (χ2n) is 2.42. The topological polar surface area (TPSA) is 38.9 Å². The third-order valence-electron chi connectivity index (χ3n) is 1.42. The Kier molecular flexibility index (Phi) is 4.83. The van der Waals surface area contributed by atoms with Crippen LogP contribution in [0.25, 0.3) is 0 Å². The number of hydrogen-bond donors (Lipinski definition) is 1. The van der Waals surface area contributed by atoms with E-state index in [1.807, 2.05) is 0 Å². The van der Waals surface area contributed by atoms with Crippen molar-refractivity contribution >= 4 is 28.3 Å². The lowest BCUT2D eigenvalue weighted by atomic mass is 10.2. The van der Waals surface area contributed by atoms with E-state index in [1.165, 1.54) is 18.3 Å². The van der Waals surface area contributed by atoms with Gasteiger partial charge in [0, 0.05) is 10.7 Å². The minimum Gasteiger partial charge on any atom is -0.315 e. The standard InChI is InChI=1S/C7H6BrF3N2.ClH/c8-4-1-2-5(13-3-4)6(12)7(9,10)11;/h1-3,6H,12H2;1H. The number of aromatic nitrogens is 1. The third kappa shape index (κ3) is 3.43. The Balaban J connectivity index is 0.00000169. The molecule has 2 nitrogen and oxygen atoms in total. The second kappa shape index (κ2) is 4.95. The average molecular weight is 291 g/mol. The van der Waals surface area contributed by atoms with Crippen LogP contribution in [-0.4, -0.2) is 11.2 Å². The second-order valence-corrected chi connectivity index (χ2v) is 3.34. The zero-order valence-corrected chi connectivity index (χ0v) is 9.16. The molecule has 0 fully saturated rings. The van der Waals surface area contributed by atoms with E-state index in [9.17, 15) is 13.2 Å². The summed E-state index contributed by atoms with van der Waals surface area (Å²) in [4.78, 5) is 3.55. The molecule has 0 aliphatic heterocycles. The fraction of sp³-hybridized carbons (Fsp3) is 0.286. The van der Waals surface area contributed by atoms with E-state index >= 15 is 0 Å². The van der Waals surface area contributed by atoms with Crippen LogP contribution in [-0.2, 0) is 0 Å². The van der Waals surface area contributed by atoms with Gasteiger partial charge in [-0.2, -0.15) is 13.2 Å². The van der Waals surface area contributed by atoms with E-state index in [4.69, 9.17) is 5.73 Å². The average Bonchev–Trinajstić information content (AvgIpc) is 2.03. The van der Waals surface area contributed by atoms with Gasteiger partial charge in [-0.05, 0) is 28.1 Å². The molecule has 1 unspecified atom stereocenters. The van der Waals surface area contributed by atoms with E-state index in [1.54, 1.807) is 0 Å². The van der Waals surface area contributed by atoms with Crippen LogP contribution < -0.4 is 5.73 Å². The summed E-state index contributed by atoms with van der Waals surface area (Å²) >= 11 is 3.06. The molecule has 0 saturated heterocycles. The fourth-order valence-electron chi connectivity index (χ4n) is 0.739. The number of nitrogens with zero attached hydrogens (tertiary/aromatic N) is 1. The van der Waals surface area contributed by atoms with Gasteiger partial charge in [-0.3, -0.25) is 4.98 Å². The van der Waals surface area contributed by atoms with E-state index < -0.39 is 12.2 Å². The Bertz CT molecular complexity index is 288. The first kappa shape index (κ1) is 13.7. The maximum absolute atomic E-state index is 12.1. The van der Waals surface area contributed by atoms with Crippen LogP contribution in [0.3, 0.4) is 0 Å². The summed E-state index contributed by atoms with van der Waals surface area (Å²) in [5, 5.41) is 0. The molecule has 1 aromatic rings. The van der Waals surface area contributed by atoms with E-state index in [0.717, 1.165) is 0 Å². The first-order chi connectivity index (χ1) is 5.91. The van der Waals surface area contributed by atoms with Gasteiger partial charge >= 0.3 is 6.18 Å². The summed E-state index contributed by atoms with van der Waals surface area (Å²) in [5.74, 6) is 0. The lowest BCUT2D eigenvalue weighted by molar-refractivity contribution is -0.150. The van der Waals surface area contributed by atoms with Gasteiger partial charge in [-0.15, -0.1) is 12.4 Å². The minimum atomic E-state index is -4.44. The molecule has 1 rings (SSSR count). The van der Waals surface area contributed by atoms with Crippen LogP contribution in [0, 0.1) is 0 Å². The highest BCUT2D eigenvalue weighted by molar-refractivity contribution is 9.10. The van der Waals surface area contributed by atoms with Crippen molar-refractivity contribution in [1.29, 1.82) is 0 Å². The molecule has 2 N–H and O–H groups in total. The van der Waals surface area contributed by atoms with Gasteiger partial charge in [0.05, 0.1) is 5.69 Å². The number of pyridine rings is 1. The summed E-state index contributed by atoms with van der Waals surface area (Å²) in [6, 6.07) is 0.691. The smallest absolute Gasteiger partial charge is 0.315 e. The van der Waals surface area contributed by atoms with E-state index in [0.29, 0.717) is 4.47 Å². The quantitative estimate of drug-likeness (QED) is 0.864. The molecule has 1 heterocycles. The van der Waals surface area contributed by atoms with Gasteiger partial charge in [-0.1, -0.05) is 0 Å². The largest absolute Gasteiger partial charge is 0.409 e. The zero-order valence-electron chi connectivity index (χ0n) is 6.75. The molecule has 80 valence electrons. The molecule has 0 aliphatic rings. The Morgan fingerprint density at radius 1 is 1.36 bits per heavy atom. The van der Waals surface area contributed by atoms with Gasteiger partial charge in [-0.25, -0.2) is 0 Å². The van der Waals surface area contributed by atoms with Gasteiger partial charge in [0.2, 0.25) is 0 Å². The molecular weight excluding hydrogens is 284 g/mol. The number of rotatable bonds is 1. The van der Waals surface area contributed by atoms with Gasteiger partial charge in [0.1, 0.15) is 6.04 Å². The van der Waals surface area contributed by atoms with Gasteiger partial charge in [0.15, 0.2) is 0 Å². The minimum absolute atomic E-state index is 0. The molecule has 0 bridgehead atoms. The van der Waals surface area contributed by atoms with Gasteiger partial charge < -0.3 is 5.73 Å². The van der Waals surface area contributed by atoms with Crippen molar-refractivity contribution in [2.75, 3.05) is 0 Å². The molecule has 0 saturated carbocycles. The van der Waals surface area contributed by atoms with Crippen LogP contribution >= 0.6 is 28.3 Å². The van der Waals surface area contributed by atoms with Crippen LogP contribution in [0.4, 0.5) is 13.2 Å².